The van der Waals surface area contributed by atoms with Gasteiger partial charge in [-0.05, 0) is 18.9 Å². The van der Waals surface area contributed by atoms with Crippen LogP contribution in [0.25, 0.3) is 0 Å². The van der Waals surface area contributed by atoms with Crippen LogP contribution in [-0.4, -0.2) is 24.5 Å². The highest BCUT2D eigenvalue weighted by Crippen LogP contribution is 2.25. The summed E-state index contributed by atoms with van der Waals surface area (Å²) in [6, 6.07) is 9.49. The number of hydrogen-bond acceptors (Lipinski definition) is 4. The van der Waals surface area contributed by atoms with Gasteiger partial charge in [-0.1, -0.05) is 62.9 Å². The smallest absolute Gasteiger partial charge is 0.309 e. The Bertz CT molecular complexity index is 483. The topological polar surface area (TPSA) is 52.6 Å². The highest BCUT2D eigenvalue weighted by atomic mass is 16.5. The summed E-state index contributed by atoms with van der Waals surface area (Å²) in [6.45, 7) is 3.83. The zero-order chi connectivity index (χ0) is 17.1. The Morgan fingerprint density at radius 3 is 2.35 bits per heavy atom. The number of methoxy groups -OCH3 is 1. The number of unbranched alkanes of at least 4 members (excludes halogenated alkanes) is 3. The van der Waals surface area contributed by atoms with Crippen LogP contribution in [0.4, 0.5) is 0 Å². The van der Waals surface area contributed by atoms with E-state index in [4.69, 9.17) is 9.47 Å². The van der Waals surface area contributed by atoms with Gasteiger partial charge in [0.05, 0.1) is 6.42 Å². The van der Waals surface area contributed by atoms with Crippen LogP contribution in [0.1, 0.15) is 57.9 Å². The molecule has 0 radical (unpaired) electrons. The molecule has 0 aliphatic carbocycles. The summed E-state index contributed by atoms with van der Waals surface area (Å²) in [5.74, 6) is -0.519. The highest BCUT2D eigenvalue weighted by Gasteiger charge is 2.37. The molecule has 0 saturated carbocycles. The number of carbonyl (C=O) groups is 2. The van der Waals surface area contributed by atoms with Crippen LogP contribution in [0.2, 0.25) is 0 Å². The van der Waals surface area contributed by atoms with E-state index in [1.54, 1.807) is 0 Å². The lowest BCUT2D eigenvalue weighted by molar-refractivity contribution is -0.159. The van der Waals surface area contributed by atoms with Crippen LogP contribution in [0, 0.1) is 0 Å². The average Bonchev–Trinajstić information content (AvgIpc) is 2.56. The van der Waals surface area contributed by atoms with Crippen LogP contribution in [-0.2, 0) is 25.7 Å². The van der Waals surface area contributed by atoms with E-state index in [0.717, 1.165) is 31.2 Å². The van der Waals surface area contributed by atoms with Crippen molar-refractivity contribution >= 4 is 11.8 Å². The SMILES string of the molecule is CCCCCCC(CC(=O)OCc1ccccc1)(OC)C(C)=O. The fourth-order valence-corrected chi connectivity index (χ4v) is 2.57. The number of Topliss-reactive ketones (excluding diaryl/α,β-unsaturated/α-hetero) is 1. The molecule has 1 unspecified atom stereocenters. The number of esters is 1. The average molecular weight is 320 g/mol. The van der Waals surface area contributed by atoms with Gasteiger partial charge in [0.2, 0.25) is 0 Å². The Hall–Kier alpha value is -1.68. The van der Waals surface area contributed by atoms with Crippen LogP contribution < -0.4 is 0 Å². The standard InChI is InChI=1S/C19H28O4/c1-4-5-6-10-13-19(22-3,16(2)20)14-18(21)23-15-17-11-8-7-9-12-17/h7-9,11-12H,4-6,10,13-15H2,1-3H3. The van der Waals surface area contributed by atoms with Crippen molar-refractivity contribution in [2.24, 2.45) is 0 Å². The third kappa shape index (κ3) is 6.53. The second kappa shape index (κ2) is 10.2. The maximum atomic E-state index is 12.1. The van der Waals surface area contributed by atoms with Crippen molar-refractivity contribution in [1.82, 2.24) is 0 Å². The lowest BCUT2D eigenvalue weighted by Crippen LogP contribution is -2.41. The van der Waals surface area contributed by atoms with Crippen LogP contribution in [0.3, 0.4) is 0 Å². The lowest BCUT2D eigenvalue weighted by Gasteiger charge is -2.29. The lowest BCUT2D eigenvalue weighted by atomic mass is 9.88. The quantitative estimate of drug-likeness (QED) is 0.456. The zero-order valence-electron chi connectivity index (χ0n) is 14.5. The van der Waals surface area contributed by atoms with Gasteiger partial charge >= 0.3 is 5.97 Å². The summed E-state index contributed by atoms with van der Waals surface area (Å²) in [5, 5.41) is 0. The molecule has 0 amide bonds. The molecule has 0 N–H and O–H groups in total. The first-order valence-electron chi connectivity index (χ1n) is 8.30. The van der Waals surface area contributed by atoms with Gasteiger partial charge in [-0.3, -0.25) is 9.59 Å². The van der Waals surface area contributed by atoms with Crippen molar-refractivity contribution in [3.05, 3.63) is 35.9 Å². The van der Waals surface area contributed by atoms with E-state index in [1.807, 2.05) is 30.3 Å². The summed E-state index contributed by atoms with van der Waals surface area (Å²) >= 11 is 0. The highest BCUT2D eigenvalue weighted by molar-refractivity contribution is 5.89. The van der Waals surface area contributed by atoms with Crippen molar-refractivity contribution < 1.29 is 19.1 Å². The molecule has 1 aromatic carbocycles. The molecule has 0 bridgehead atoms. The van der Waals surface area contributed by atoms with Gasteiger partial charge in [0.1, 0.15) is 12.2 Å². The maximum Gasteiger partial charge on any atom is 0.309 e. The van der Waals surface area contributed by atoms with Gasteiger partial charge in [-0.15, -0.1) is 0 Å². The number of rotatable bonds is 11. The van der Waals surface area contributed by atoms with Crippen LogP contribution in [0.15, 0.2) is 30.3 Å². The predicted molar refractivity (Wildman–Crippen MR) is 90.0 cm³/mol. The summed E-state index contributed by atoms with van der Waals surface area (Å²) < 4.78 is 10.7. The number of ketones is 1. The van der Waals surface area contributed by atoms with Crippen molar-refractivity contribution in [2.45, 2.75) is 64.6 Å². The molecule has 4 nitrogen and oxygen atoms in total. The second-order valence-electron chi connectivity index (χ2n) is 5.89. The fraction of sp³-hybridized carbons (Fsp3) is 0.579. The Morgan fingerprint density at radius 1 is 1.09 bits per heavy atom. The molecule has 0 aromatic heterocycles. The Morgan fingerprint density at radius 2 is 1.78 bits per heavy atom. The first kappa shape index (κ1) is 19.4. The molecule has 23 heavy (non-hydrogen) atoms. The first-order valence-corrected chi connectivity index (χ1v) is 8.30. The van der Waals surface area contributed by atoms with E-state index in [2.05, 4.69) is 6.92 Å². The molecule has 0 spiro atoms. The molecule has 0 aliphatic rings. The van der Waals surface area contributed by atoms with Gasteiger partial charge in [0.15, 0.2) is 5.78 Å². The fourth-order valence-electron chi connectivity index (χ4n) is 2.57. The first-order chi connectivity index (χ1) is 11.0. The van der Waals surface area contributed by atoms with E-state index in [1.165, 1.54) is 14.0 Å². The number of hydrogen-bond donors (Lipinski definition) is 0. The molecule has 0 heterocycles. The molecule has 4 heteroatoms. The molecule has 0 fully saturated rings. The molecule has 0 aliphatic heterocycles. The van der Waals surface area contributed by atoms with E-state index < -0.39 is 11.6 Å². The number of benzene rings is 1. The summed E-state index contributed by atoms with van der Waals surface area (Å²) in [5.41, 5.74) is -0.128. The van der Waals surface area contributed by atoms with Crippen molar-refractivity contribution in [2.75, 3.05) is 7.11 Å². The zero-order valence-corrected chi connectivity index (χ0v) is 14.5. The Kier molecular flexibility index (Phi) is 8.56. The Labute approximate surface area is 139 Å². The molecule has 1 rings (SSSR count). The van der Waals surface area contributed by atoms with Crippen molar-refractivity contribution in [3.63, 3.8) is 0 Å². The van der Waals surface area contributed by atoms with Gasteiger partial charge < -0.3 is 9.47 Å². The van der Waals surface area contributed by atoms with Gasteiger partial charge in [-0.2, -0.15) is 0 Å². The molecular formula is C19H28O4. The van der Waals surface area contributed by atoms with Crippen LogP contribution >= 0.6 is 0 Å². The van der Waals surface area contributed by atoms with E-state index in [-0.39, 0.29) is 18.8 Å². The minimum atomic E-state index is -1.05. The summed E-state index contributed by atoms with van der Waals surface area (Å²) in [4.78, 5) is 24.2. The van der Waals surface area contributed by atoms with E-state index in [9.17, 15) is 9.59 Å². The van der Waals surface area contributed by atoms with E-state index >= 15 is 0 Å². The monoisotopic (exact) mass is 320 g/mol. The minimum Gasteiger partial charge on any atom is -0.461 e. The number of carbonyl (C=O) groups excluding carboxylic acids is 2. The second-order valence-corrected chi connectivity index (χ2v) is 5.89. The van der Waals surface area contributed by atoms with Crippen molar-refractivity contribution in [1.29, 1.82) is 0 Å². The van der Waals surface area contributed by atoms with Gasteiger partial charge in [-0.25, -0.2) is 0 Å². The molecule has 1 aromatic rings. The normalized spacial score (nSPS) is 13.3. The third-order valence-corrected chi connectivity index (χ3v) is 4.14. The molecule has 0 saturated heterocycles. The summed E-state index contributed by atoms with van der Waals surface area (Å²) in [7, 11) is 1.49. The third-order valence-electron chi connectivity index (χ3n) is 4.14. The minimum absolute atomic E-state index is 0.0300. The van der Waals surface area contributed by atoms with Crippen molar-refractivity contribution in [3.8, 4) is 0 Å². The largest absolute Gasteiger partial charge is 0.461 e. The van der Waals surface area contributed by atoms with Gasteiger partial charge in [0.25, 0.3) is 0 Å². The number of ether oxygens (including phenoxy) is 2. The molecule has 128 valence electrons. The molecule has 1 atom stereocenters. The summed E-state index contributed by atoms with van der Waals surface area (Å²) in [6.07, 6.45) is 4.67. The van der Waals surface area contributed by atoms with Gasteiger partial charge in [0, 0.05) is 7.11 Å². The molecular weight excluding hydrogens is 292 g/mol. The predicted octanol–water partition coefficient (Wildman–Crippen LogP) is 4.06. The Balaban J connectivity index is 2.57. The maximum absolute atomic E-state index is 12.1. The van der Waals surface area contributed by atoms with E-state index in [0.29, 0.717) is 6.42 Å². The van der Waals surface area contributed by atoms with Crippen LogP contribution in [0.5, 0.6) is 0 Å².